The van der Waals surface area contributed by atoms with Crippen molar-refractivity contribution < 1.29 is 4.74 Å². The molecule has 0 atom stereocenters. The minimum atomic E-state index is 0.124. The van der Waals surface area contributed by atoms with Crippen molar-refractivity contribution in [3.05, 3.63) is 63.1 Å². The van der Waals surface area contributed by atoms with Crippen LogP contribution in [0.3, 0.4) is 0 Å². The fourth-order valence-electron chi connectivity index (χ4n) is 2.91. The number of nitrogens with one attached hydrogen (secondary N) is 1. The Balaban J connectivity index is 1.94. The molecule has 2 aromatic rings. The van der Waals surface area contributed by atoms with Crippen molar-refractivity contribution in [3.63, 3.8) is 0 Å². The molecule has 0 radical (unpaired) electrons. The Kier molecular flexibility index (Phi) is 4.25. The van der Waals surface area contributed by atoms with Crippen LogP contribution in [0.2, 0.25) is 5.02 Å². The van der Waals surface area contributed by atoms with E-state index in [2.05, 4.69) is 39.4 Å². The molecule has 4 heteroatoms. The molecule has 0 spiro atoms. The summed E-state index contributed by atoms with van der Waals surface area (Å²) >= 11 is 9.56. The maximum Gasteiger partial charge on any atom is 0.122 e. The molecule has 1 aliphatic rings. The van der Waals surface area contributed by atoms with E-state index in [9.17, 15) is 0 Å². The zero-order valence-corrected chi connectivity index (χ0v) is 14.2. The minimum Gasteiger partial charge on any atom is -0.496 e. The molecular weight excluding hydrogens is 350 g/mol. The van der Waals surface area contributed by atoms with Gasteiger partial charge >= 0.3 is 0 Å². The molecule has 1 N–H and O–H groups in total. The van der Waals surface area contributed by atoms with Gasteiger partial charge in [0.2, 0.25) is 0 Å². The average molecular weight is 367 g/mol. The van der Waals surface area contributed by atoms with Crippen LogP contribution < -0.4 is 10.1 Å². The van der Waals surface area contributed by atoms with Gasteiger partial charge in [0.15, 0.2) is 0 Å². The van der Waals surface area contributed by atoms with Crippen LogP contribution in [0.1, 0.15) is 11.1 Å². The topological polar surface area (TPSA) is 21.3 Å². The maximum absolute atomic E-state index is 6.01. The van der Waals surface area contributed by atoms with Gasteiger partial charge in [0, 0.05) is 28.0 Å². The fourth-order valence-corrected chi connectivity index (χ4v) is 3.45. The monoisotopic (exact) mass is 365 g/mol. The molecular formula is C17H17BrClNO. The van der Waals surface area contributed by atoms with Gasteiger partial charge in [-0.1, -0.05) is 39.7 Å². The summed E-state index contributed by atoms with van der Waals surface area (Å²) in [5, 5.41) is 4.18. The van der Waals surface area contributed by atoms with Crippen molar-refractivity contribution in [2.45, 2.75) is 11.8 Å². The van der Waals surface area contributed by atoms with E-state index in [4.69, 9.17) is 16.3 Å². The molecule has 3 rings (SSSR count). The standard InChI is InChI=1S/C17H17BrClNO/c1-21-16-7-4-14(18)8-12(16)9-17(10-20-11-17)13-2-5-15(19)6-3-13/h2-8,20H,9-11H2,1H3. The first-order chi connectivity index (χ1) is 10.1. The summed E-state index contributed by atoms with van der Waals surface area (Å²) in [6.07, 6.45) is 0.949. The van der Waals surface area contributed by atoms with Crippen molar-refractivity contribution in [1.82, 2.24) is 5.32 Å². The molecule has 2 nitrogen and oxygen atoms in total. The average Bonchev–Trinajstić information content (AvgIpc) is 2.44. The lowest BCUT2D eigenvalue weighted by molar-refractivity contribution is 0.271. The Labute approximate surface area is 138 Å². The summed E-state index contributed by atoms with van der Waals surface area (Å²) in [5.74, 6) is 0.943. The Morgan fingerprint density at radius 1 is 1.19 bits per heavy atom. The summed E-state index contributed by atoms with van der Waals surface area (Å²) < 4.78 is 6.59. The molecule has 0 amide bonds. The van der Waals surface area contributed by atoms with Crippen LogP contribution in [0, 0.1) is 0 Å². The van der Waals surface area contributed by atoms with Gasteiger partial charge in [-0.15, -0.1) is 0 Å². The highest BCUT2D eigenvalue weighted by Gasteiger charge is 2.39. The van der Waals surface area contributed by atoms with Crippen molar-refractivity contribution in [1.29, 1.82) is 0 Å². The number of hydrogen-bond acceptors (Lipinski definition) is 2. The van der Waals surface area contributed by atoms with Gasteiger partial charge < -0.3 is 10.1 Å². The third-order valence-corrected chi connectivity index (χ3v) is 4.90. The Morgan fingerprint density at radius 3 is 2.48 bits per heavy atom. The maximum atomic E-state index is 6.01. The van der Waals surface area contributed by atoms with E-state index in [1.54, 1.807) is 7.11 Å². The third-order valence-electron chi connectivity index (χ3n) is 4.15. The van der Waals surface area contributed by atoms with E-state index in [1.807, 2.05) is 24.3 Å². The van der Waals surface area contributed by atoms with Gasteiger partial charge in [0.25, 0.3) is 0 Å². The first-order valence-corrected chi connectivity index (χ1v) is 8.09. The highest BCUT2D eigenvalue weighted by atomic mass is 79.9. The van der Waals surface area contributed by atoms with Crippen molar-refractivity contribution in [3.8, 4) is 5.75 Å². The van der Waals surface area contributed by atoms with Crippen LogP contribution in [0.4, 0.5) is 0 Å². The van der Waals surface area contributed by atoms with Crippen LogP contribution in [0.5, 0.6) is 5.75 Å². The summed E-state index contributed by atoms with van der Waals surface area (Å²) in [4.78, 5) is 0. The van der Waals surface area contributed by atoms with Crippen molar-refractivity contribution in [2.24, 2.45) is 0 Å². The Morgan fingerprint density at radius 2 is 1.90 bits per heavy atom. The van der Waals surface area contributed by atoms with Gasteiger partial charge in [-0.3, -0.25) is 0 Å². The first kappa shape index (κ1) is 14.9. The second kappa shape index (κ2) is 5.99. The normalized spacial score (nSPS) is 16.3. The lowest BCUT2D eigenvalue weighted by atomic mass is 9.71. The fraction of sp³-hybridized carbons (Fsp3) is 0.294. The number of methoxy groups -OCH3 is 1. The molecule has 0 bridgehead atoms. The number of benzene rings is 2. The van der Waals surface area contributed by atoms with Gasteiger partial charge in [0.1, 0.15) is 5.75 Å². The molecule has 21 heavy (non-hydrogen) atoms. The summed E-state index contributed by atoms with van der Waals surface area (Å²) in [6.45, 7) is 1.95. The van der Waals surface area contributed by atoms with E-state index in [-0.39, 0.29) is 5.41 Å². The van der Waals surface area contributed by atoms with Gasteiger partial charge in [0.05, 0.1) is 7.11 Å². The van der Waals surface area contributed by atoms with Gasteiger partial charge in [-0.25, -0.2) is 0 Å². The van der Waals surface area contributed by atoms with Crippen LogP contribution in [-0.2, 0) is 11.8 Å². The molecule has 1 aliphatic heterocycles. The lowest BCUT2D eigenvalue weighted by Crippen LogP contribution is -2.58. The molecule has 2 aromatic carbocycles. The van der Waals surface area contributed by atoms with E-state index in [0.717, 1.165) is 34.8 Å². The van der Waals surface area contributed by atoms with Crippen LogP contribution in [0.15, 0.2) is 46.9 Å². The summed E-state index contributed by atoms with van der Waals surface area (Å²) in [7, 11) is 1.72. The second-order valence-corrected chi connectivity index (χ2v) is 6.88. The predicted molar refractivity (Wildman–Crippen MR) is 90.4 cm³/mol. The third kappa shape index (κ3) is 2.96. The number of halogens is 2. The smallest absolute Gasteiger partial charge is 0.122 e. The zero-order chi connectivity index (χ0) is 14.9. The van der Waals surface area contributed by atoms with Crippen molar-refractivity contribution >= 4 is 27.5 Å². The molecule has 1 saturated heterocycles. The highest BCUT2D eigenvalue weighted by molar-refractivity contribution is 9.10. The largest absolute Gasteiger partial charge is 0.496 e. The number of rotatable bonds is 4. The van der Waals surface area contributed by atoms with Crippen molar-refractivity contribution in [2.75, 3.05) is 20.2 Å². The second-order valence-electron chi connectivity index (χ2n) is 5.52. The predicted octanol–water partition coefficient (Wildman–Crippen LogP) is 4.19. The first-order valence-electron chi connectivity index (χ1n) is 6.92. The van der Waals surface area contributed by atoms with E-state index < -0.39 is 0 Å². The zero-order valence-electron chi connectivity index (χ0n) is 11.8. The molecule has 0 aliphatic carbocycles. The number of ether oxygens (including phenoxy) is 1. The van der Waals surface area contributed by atoms with Crippen LogP contribution in [0.25, 0.3) is 0 Å². The molecule has 110 valence electrons. The molecule has 0 aromatic heterocycles. The SMILES string of the molecule is COc1ccc(Br)cc1CC1(c2ccc(Cl)cc2)CNC1. The molecule has 1 heterocycles. The molecule has 0 saturated carbocycles. The Hall–Kier alpha value is -1.03. The minimum absolute atomic E-state index is 0.124. The van der Waals surface area contributed by atoms with Crippen LogP contribution >= 0.6 is 27.5 Å². The quantitative estimate of drug-likeness (QED) is 0.876. The Bertz CT molecular complexity index is 638. The van der Waals surface area contributed by atoms with E-state index in [0.29, 0.717) is 0 Å². The van der Waals surface area contributed by atoms with Gasteiger partial charge in [-0.05, 0) is 47.9 Å². The number of hydrogen-bond donors (Lipinski definition) is 1. The lowest BCUT2D eigenvalue weighted by Gasteiger charge is -2.43. The van der Waals surface area contributed by atoms with Gasteiger partial charge in [-0.2, -0.15) is 0 Å². The van der Waals surface area contributed by atoms with Crippen LogP contribution in [-0.4, -0.2) is 20.2 Å². The summed E-state index contributed by atoms with van der Waals surface area (Å²) in [6, 6.07) is 14.4. The highest BCUT2D eigenvalue weighted by Crippen LogP contribution is 2.36. The molecule has 1 fully saturated rings. The van der Waals surface area contributed by atoms with E-state index in [1.165, 1.54) is 11.1 Å². The summed E-state index contributed by atoms with van der Waals surface area (Å²) in [5.41, 5.74) is 2.68. The van der Waals surface area contributed by atoms with E-state index >= 15 is 0 Å². The molecule has 0 unspecified atom stereocenters.